The number of nitrogens with zero attached hydrogens (tertiary/aromatic N) is 4. The molecule has 0 aromatic carbocycles. The van der Waals surface area contributed by atoms with Gasteiger partial charge < -0.3 is 5.73 Å². The Bertz CT molecular complexity index is 645. The van der Waals surface area contributed by atoms with Crippen molar-refractivity contribution < 1.29 is 0 Å². The highest BCUT2D eigenvalue weighted by Crippen LogP contribution is 2.25. The van der Waals surface area contributed by atoms with Crippen LogP contribution >= 0.6 is 23.1 Å². The fraction of sp³-hybridized carbons (Fsp3) is 0.100. The van der Waals surface area contributed by atoms with E-state index in [9.17, 15) is 0 Å². The van der Waals surface area contributed by atoms with E-state index in [0.717, 1.165) is 21.4 Å². The van der Waals surface area contributed by atoms with E-state index in [1.54, 1.807) is 18.0 Å². The molecule has 0 atom stereocenters. The Balaban J connectivity index is 1.81. The maximum absolute atomic E-state index is 5.58. The standard InChI is InChI=1S/C10H9N5S2/c11-9-12-5-7(17-9)6-16-10-14-13-8-3-1-2-4-15(8)10/h1-5H,6H2,(H2,11,12). The first-order valence-corrected chi connectivity index (χ1v) is 6.76. The number of fused-ring (bicyclic) bond motifs is 1. The Kier molecular flexibility index (Phi) is 2.69. The van der Waals surface area contributed by atoms with Crippen LogP contribution in [-0.2, 0) is 5.75 Å². The molecule has 0 amide bonds. The number of hydrogen-bond donors (Lipinski definition) is 1. The van der Waals surface area contributed by atoms with Crippen LogP contribution in [0, 0.1) is 0 Å². The number of nitrogens with two attached hydrogens (primary N) is 1. The smallest absolute Gasteiger partial charge is 0.195 e. The van der Waals surface area contributed by atoms with Gasteiger partial charge in [0, 0.05) is 23.0 Å². The molecule has 0 unspecified atom stereocenters. The maximum Gasteiger partial charge on any atom is 0.195 e. The van der Waals surface area contributed by atoms with Gasteiger partial charge in [-0.25, -0.2) is 4.98 Å². The average molecular weight is 263 g/mol. The Labute approximate surface area is 106 Å². The van der Waals surface area contributed by atoms with E-state index >= 15 is 0 Å². The van der Waals surface area contributed by atoms with Gasteiger partial charge in [-0.15, -0.1) is 21.5 Å². The molecule has 0 saturated heterocycles. The van der Waals surface area contributed by atoms with Gasteiger partial charge in [0.25, 0.3) is 0 Å². The van der Waals surface area contributed by atoms with Crippen molar-refractivity contribution in [3.8, 4) is 0 Å². The molecule has 3 heterocycles. The molecule has 17 heavy (non-hydrogen) atoms. The van der Waals surface area contributed by atoms with Gasteiger partial charge in [0.05, 0.1) is 0 Å². The van der Waals surface area contributed by atoms with Gasteiger partial charge in [-0.05, 0) is 12.1 Å². The number of pyridine rings is 1. The van der Waals surface area contributed by atoms with Crippen molar-refractivity contribution in [2.45, 2.75) is 10.9 Å². The number of aromatic nitrogens is 4. The Morgan fingerprint density at radius 1 is 1.35 bits per heavy atom. The van der Waals surface area contributed by atoms with Crippen LogP contribution in [0.1, 0.15) is 4.88 Å². The van der Waals surface area contributed by atoms with E-state index in [1.807, 2.05) is 28.8 Å². The molecule has 0 saturated carbocycles. The van der Waals surface area contributed by atoms with Gasteiger partial charge in [0.15, 0.2) is 15.9 Å². The van der Waals surface area contributed by atoms with Gasteiger partial charge in [-0.3, -0.25) is 4.40 Å². The molecule has 0 aliphatic heterocycles. The molecule has 0 bridgehead atoms. The lowest BCUT2D eigenvalue weighted by Gasteiger charge is -1.97. The molecule has 2 N–H and O–H groups in total. The monoisotopic (exact) mass is 263 g/mol. The van der Waals surface area contributed by atoms with Crippen molar-refractivity contribution in [3.05, 3.63) is 35.5 Å². The average Bonchev–Trinajstić information content (AvgIpc) is 2.93. The molecule has 7 heteroatoms. The lowest BCUT2D eigenvalue weighted by molar-refractivity contribution is 0.921. The summed E-state index contributed by atoms with van der Waals surface area (Å²) in [5.74, 6) is 0.810. The summed E-state index contributed by atoms with van der Waals surface area (Å²) < 4.78 is 1.97. The minimum atomic E-state index is 0.603. The van der Waals surface area contributed by atoms with Crippen LogP contribution in [0.5, 0.6) is 0 Å². The second-order valence-corrected chi connectivity index (χ2v) is 5.45. The van der Waals surface area contributed by atoms with Crippen LogP contribution in [0.2, 0.25) is 0 Å². The molecule has 5 nitrogen and oxygen atoms in total. The van der Waals surface area contributed by atoms with Crippen molar-refractivity contribution in [2.75, 3.05) is 5.73 Å². The van der Waals surface area contributed by atoms with E-state index in [2.05, 4.69) is 15.2 Å². The van der Waals surface area contributed by atoms with Gasteiger partial charge in [0.2, 0.25) is 0 Å². The summed E-state index contributed by atoms with van der Waals surface area (Å²) in [5.41, 5.74) is 6.44. The highest BCUT2D eigenvalue weighted by atomic mass is 32.2. The van der Waals surface area contributed by atoms with Gasteiger partial charge >= 0.3 is 0 Å². The molecule has 0 radical (unpaired) electrons. The molecule has 3 aromatic heterocycles. The van der Waals surface area contributed by atoms with Crippen molar-refractivity contribution in [1.82, 2.24) is 19.6 Å². The summed E-state index contributed by atoms with van der Waals surface area (Å²) in [5, 5.41) is 9.72. The molecular formula is C10H9N5S2. The topological polar surface area (TPSA) is 69.1 Å². The number of thiazole rings is 1. The van der Waals surface area contributed by atoms with Crippen molar-refractivity contribution >= 4 is 33.9 Å². The number of anilines is 1. The highest BCUT2D eigenvalue weighted by molar-refractivity contribution is 7.98. The second-order valence-electron chi connectivity index (χ2n) is 3.36. The third-order valence-electron chi connectivity index (χ3n) is 2.20. The SMILES string of the molecule is Nc1ncc(CSc2nnc3ccccn23)s1. The molecule has 0 fully saturated rings. The fourth-order valence-electron chi connectivity index (χ4n) is 1.44. The third kappa shape index (κ3) is 2.11. The first-order chi connectivity index (χ1) is 8.33. The molecule has 3 rings (SSSR count). The van der Waals surface area contributed by atoms with E-state index in [-0.39, 0.29) is 0 Å². The van der Waals surface area contributed by atoms with E-state index in [0.29, 0.717) is 5.13 Å². The van der Waals surface area contributed by atoms with E-state index in [1.165, 1.54) is 11.3 Å². The van der Waals surface area contributed by atoms with Gasteiger partial charge in [-0.1, -0.05) is 17.8 Å². The third-order valence-corrected chi connectivity index (χ3v) is 4.20. The van der Waals surface area contributed by atoms with Gasteiger partial charge in [-0.2, -0.15) is 0 Å². The maximum atomic E-state index is 5.58. The predicted molar refractivity (Wildman–Crippen MR) is 69.1 cm³/mol. The molecule has 3 aromatic rings. The van der Waals surface area contributed by atoms with Crippen molar-refractivity contribution in [2.24, 2.45) is 0 Å². The number of hydrogen-bond acceptors (Lipinski definition) is 6. The van der Waals surface area contributed by atoms with Crippen molar-refractivity contribution in [1.29, 1.82) is 0 Å². The largest absolute Gasteiger partial charge is 0.375 e. The zero-order chi connectivity index (χ0) is 11.7. The Hall–Kier alpha value is -1.60. The zero-order valence-electron chi connectivity index (χ0n) is 8.78. The van der Waals surface area contributed by atoms with Crippen LogP contribution in [0.4, 0.5) is 5.13 Å². The first kappa shape index (κ1) is 10.5. The molecule has 86 valence electrons. The minimum absolute atomic E-state index is 0.603. The van der Waals surface area contributed by atoms with Crippen LogP contribution in [0.25, 0.3) is 5.65 Å². The first-order valence-electron chi connectivity index (χ1n) is 4.96. The van der Waals surface area contributed by atoms with E-state index < -0.39 is 0 Å². The van der Waals surface area contributed by atoms with Crippen molar-refractivity contribution in [3.63, 3.8) is 0 Å². The van der Waals surface area contributed by atoms with Crippen LogP contribution < -0.4 is 5.73 Å². The minimum Gasteiger partial charge on any atom is -0.375 e. The Morgan fingerprint density at radius 2 is 2.29 bits per heavy atom. The van der Waals surface area contributed by atoms with Gasteiger partial charge in [0.1, 0.15) is 0 Å². The van der Waals surface area contributed by atoms with Crippen LogP contribution in [0.3, 0.4) is 0 Å². The fourth-order valence-corrected chi connectivity index (χ4v) is 3.07. The summed E-state index contributed by atoms with van der Waals surface area (Å²) >= 11 is 3.13. The zero-order valence-corrected chi connectivity index (χ0v) is 10.4. The number of rotatable bonds is 3. The number of thioether (sulfide) groups is 1. The molecule has 0 spiro atoms. The lowest BCUT2D eigenvalue weighted by atomic mass is 10.5. The highest BCUT2D eigenvalue weighted by Gasteiger charge is 2.06. The summed E-state index contributed by atoms with van der Waals surface area (Å²) in [4.78, 5) is 5.16. The normalized spacial score (nSPS) is 11.1. The summed E-state index contributed by atoms with van der Waals surface area (Å²) in [7, 11) is 0. The van der Waals surface area contributed by atoms with Crippen LogP contribution in [-0.4, -0.2) is 19.6 Å². The van der Waals surface area contributed by atoms with Crippen LogP contribution in [0.15, 0.2) is 35.7 Å². The number of nitrogen functional groups attached to an aromatic ring is 1. The summed E-state index contributed by atoms with van der Waals surface area (Å²) in [6.45, 7) is 0. The second kappa shape index (κ2) is 4.34. The molecule has 0 aliphatic rings. The quantitative estimate of drug-likeness (QED) is 0.732. The lowest BCUT2D eigenvalue weighted by Crippen LogP contribution is -1.86. The Morgan fingerprint density at radius 3 is 3.12 bits per heavy atom. The molecular weight excluding hydrogens is 254 g/mol. The predicted octanol–water partition coefficient (Wildman–Crippen LogP) is 2.06. The van der Waals surface area contributed by atoms with E-state index in [4.69, 9.17) is 5.73 Å². The summed E-state index contributed by atoms with van der Waals surface area (Å²) in [6, 6.07) is 5.84. The molecule has 0 aliphatic carbocycles. The summed E-state index contributed by atoms with van der Waals surface area (Å²) in [6.07, 6.45) is 3.76.